The number of hydrogen-bond acceptors (Lipinski definition) is 2. The van der Waals surface area contributed by atoms with Crippen molar-refractivity contribution in [2.75, 3.05) is 13.1 Å². The highest BCUT2D eigenvalue weighted by molar-refractivity contribution is 5.97. The van der Waals surface area contributed by atoms with Crippen LogP contribution in [0, 0.1) is 5.92 Å². The number of halogens is 3. The van der Waals surface area contributed by atoms with Crippen molar-refractivity contribution in [2.24, 2.45) is 5.92 Å². The van der Waals surface area contributed by atoms with E-state index in [2.05, 4.69) is 4.98 Å². The fraction of sp³-hybridized carbons (Fsp3) is 0.375. The van der Waals surface area contributed by atoms with Crippen LogP contribution in [-0.4, -0.2) is 35.1 Å². The van der Waals surface area contributed by atoms with Crippen molar-refractivity contribution in [3.05, 3.63) is 46.2 Å². The Kier molecular flexibility index (Phi) is 3.87. The zero-order valence-electron chi connectivity index (χ0n) is 12.2. The number of amides is 1. The molecule has 1 N–H and O–H groups in total. The number of benzene rings is 1. The second kappa shape index (κ2) is 5.72. The van der Waals surface area contributed by atoms with E-state index in [0.717, 1.165) is 4.90 Å². The summed E-state index contributed by atoms with van der Waals surface area (Å²) in [6.45, 7) is -0.160. The molecule has 4 nitrogen and oxygen atoms in total. The van der Waals surface area contributed by atoms with Gasteiger partial charge in [0.1, 0.15) is 5.56 Å². The minimum Gasteiger partial charge on any atom is -0.360 e. The monoisotopic (exact) mass is 324 g/mol. The van der Waals surface area contributed by atoms with Crippen LogP contribution in [0.3, 0.4) is 0 Å². The van der Waals surface area contributed by atoms with Crippen molar-refractivity contribution in [1.29, 1.82) is 0 Å². The number of likely N-dealkylation sites (tertiary alicyclic amines) is 1. The molecule has 0 aliphatic carbocycles. The zero-order chi connectivity index (χ0) is 16.6. The Balaban J connectivity index is 1.91. The van der Waals surface area contributed by atoms with Crippen LogP contribution < -0.4 is 5.43 Å². The van der Waals surface area contributed by atoms with Gasteiger partial charge in [0.25, 0.3) is 5.91 Å². The molecule has 1 aromatic heterocycles. The van der Waals surface area contributed by atoms with Crippen LogP contribution >= 0.6 is 0 Å². The summed E-state index contributed by atoms with van der Waals surface area (Å²) in [5, 5.41) is 0.350. The van der Waals surface area contributed by atoms with E-state index in [1.165, 1.54) is 6.20 Å². The van der Waals surface area contributed by atoms with E-state index in [9.17, 15) is 22.8 Å². The van der Waals surface area contributed by atoms with Gasteiger partial charge in [0.2, 0.25) is 5.43 Å². The quantitative estimate of drug-likeness (QED) is 0.877. The van der Waals surface area contributed by atoms with E-state index in [4.69, 9.17) is 0 Å². The Morgan fingerprint density at radius 3 is 2.74 bits per heavy atom. The first-order valence-corrected chi connectivity index (χ1v) is 7.34. The molecule has 0 saturated carbocycles. The lowest BCUT2D eigenvalue weighted by Crippen LogP contribution is -2.45. The maximum absolute atomic E-state index is 12.9. The van der Waals surface area contributed by atoms with Gasteiger partial charge >= 0.3 is 6.18 Å². The van der Waals surface area contributed by atoms with Gasteiger partial charge in [0, 0.05) is 30.2 Å². The Hall–Kier alpha value is -2.31. The SMILES string of the molecule is O=C(c1c[nH]c2ccccc2c1=O)N1CCCC(C(F)(F)F)C1. The van der Waals surface area contributed by atoms with Gasteiger partial charge in [-0.2, -0.15) is 13.2 Å². The minimum atomic E-state index is -4.32. The molecule has 1 aromatic carbocycles. The second-order valence-electron chi connectivity index (χ2n) is 5.71. The van der Waals surface area contributed by atoms with Crippen molar-refractivity contribution >= 4 is 16.8 Å². The number of H-pyrrole nitrogens is 1. The number of alkyl halides is 3. The molecular formula is C16H15F3N2O2. The molecule has 2 heterocycles. The van der Waals surface area contributed by atoms with Gasteiger partial charge in [-0.1, -0.05) is 12.1 Å². The first-order chi connectivity index (χ1) is 10.9. The van der Waals surface area contributed by atoms with Crippen LogP contribution in [0.4, 0.5) is 13.2 Å². The van der Waals surface area contributed by atoms with Gasteiger partial charge in [0.05, 0.1) is 5.92 Å². The summed E-state index contributed by atoms with van der Waals surface area (Å²) in [6, 6.07) is 6.70. The van der Waals surface area contributed by atoms with E-state index in [1.54, 1.807) is 24.3 Å². The largest absolute Gasteiger partial charge is 0.393 e. The number of nitrogens with one attached hydrogen (secondary N) is 1. The van der Waals surface area contributed by atoms with Gasteiger partial charge < -0.3 is 9.88 Å². The van der Waals surface area contributed by atoms with Crippen molar-refractivity contribution in [1.82, 2.24) is 9.88 Å². The average Bonchev–Trinajstić information content (AvgIpc) is 2.54. The maximum atomic E-state index is 12.9. The molecule has 23 heavy (non-hydrogen) atoms. The molecule has 1 unspecified atom stereocenters. The Morgan fingerprint density at radius 2 is 2.00 bits per heavy atom. The molecule has 3 rings (SSSR count). The number of nitrogens with zero attached hydrogens (tertiary/aromatic N) is 1. The van der Waals surface area contributed by atoms with Gasteiger partial charge in [-0.25, -0.2) is 0 Å². The predicted octanol–water partition coefficient (Wildman–Crippen LogP) is 2.94. The molecule has 1 fully saturated rings. The lowest BCUT2D eigenvalue weighted by Gasteiger charge is -2.33. The molecule has 7 heteroatoms. The number of pyridine rings is 1. The van der Waals surface area contributed by atoms with Crippen molar-refractivity contribution in [3.63, 3.8) is 0 Å². The number of hydrogen-bond donors (Lipinski definition) is 1. The highest BCUT2D eigenvalue weighted by Gasteiger charge is 2.43. The average molecular weight is 324 g/mol. The van der Waals surface area contributed by atoms with E-state index in [-0.39, 0.29) is 24.9 Å². The first-order valence-electron chi connectivity index (χ1n) is 7.34. The molecule has 1 saturated heterocycles. The molecule has 1 amide bonds. The molecule has 0 bridgehead atoms. The summed E-state index contributed by atoms with van der Waals surface area (Å²) in [4.78, 5) is 28.9. The van der Waals surface area contributed by atoms with E-state index >= 15 is 0 Å². The highest BCUT2D eigenvalue weighted by Crippen LogP contribution is 2.33. The fourth-order valence-corrected chi connectivity index (χ4v) is 2.93. The standard InChI is InChI=1S/C16H15F3N2O2/c17-16(18,19)10-4-3-7-21(9-10)15(23)12-8-20-13-6-2-1-5-11(13)14(12)22/h1-2,5-6,8,10H,3-4,7,9H2,(H,20,22). The number of aromatic amines is 1. The number of aromatic nitrogens is 1. The van der Waals surface area contributed by atoms with E-state index in [1.807, 2.05) is 0 Å². The lowest BCUT2D eigenvalue weighted by atomic mass is 9.97. The van der Waals surface area contributed by atoms with Gasteiger partial charge in [-0.05, 0) is 25.0 Å². The highest BCUT2D eigenvalue weighted by atomic mass is 19.4. The number of para-hydroxylation sites is 1. The number of fused-ring (bicyclic) bond motifs is 1. The topological polar surface area (TPSA) is 53.2 Å². The van der Waals surface area contributed by atoms with Gasteiger partial charge in [-0.3, -0.25) is 9.59 Å². The molecule has 0 radical (unpaired) electrons. The molecule has 1 aliphatic rings. The van der Waals surface area contributed by atoms with Crippen LogP contribution in [0.15, 0.2) is 35.3 Å². The Morgan fingerprint density at radius 1 is 1.26 bits per heavy atom. The van der Waals surface area contributed by atoms with Crippen molar-refractivity contribution < 1.29 is 18.0 Å². The van der Waals surface area contributed by atoms with Crippen molar-refractivity contribution in [2.45, 2.75) is 19.0 Å². The fourth-order valence-electron chi connectivity index (χ4n) is 2.93. The third kappa shape index (κ3) is 2.95. The second-order valence-corrected chi connectivity index (χ2v) is 5.71. The zero-order valence-corrected chi connectivity index (χ0v) is 12.2. The third-order valence-electron chi connectivity index (χ3n) is 4.19. The molecule has 1 atom stereocenters. The Bertz CT molecular complexity index is 798. The van der Waals surface area contributed by atoms with E-state index in [0.29, 0.717) is 10.9 Å². The summed E-state index contributed by atoms with van der Waals surface area (Å²) in [5.41, 5.74) is 0.00543. The van der Waals surface area contributed by atoms with Crippen LogP contribution in [0.25, 0.3) is 10.9 Å². The maximum Gasteiger partial charge on any atom is 0.393 e. The molecule has 122 valence electrons. The molecule has 1 aliphatic heterocycles. The third-order valence-corrected chi connectivity index (χ3v) is 4.19. The van der Waals surface area contributed by atoms with Crippen LogP contribution in [0.1, 0.15) is 23.2 Å². The van der Waals surface area contributed by atoms with Crippen LogP contribution in [0.2, 0.25) is 0 Å². The summed E-state index contributed by atoms with van der Waals surface area (Å²) in [6.07, 6.45) is -2.75. The van der Waals surface area contributed by atoms with Gasteiger partial charge in [-0.15, -0.1) is 0 Å². The van der Waals surface area contributed by atoms with Gasteiger partial charge in [0.15, 0.2) is 0 Å². The summed E-state index contributed by atoms with van der Waals surface area (Å²) in [7, 11) is 0. The van der Waals surface area contributed by atoms with Crippen LogP contribution in [-0.2, 0) is 0 Å². The predicted molar refractivity (Wildman–Crippen MR) is 79.3 cm³/mol. The molecule has 0 spiro atoms. The number of rotatable bonds is 1. The summed E-state index contributed by atoms with van der Waals surface area (Å²) < 4.78 is 38.6. The Labute approximate surface area is 129 Å². The number of piperidine rings is 1. The lowest BCUT2D eigenvalue weighted by molar-refractivity contribution is -0.184. The molecule has 2 aromatic rings. The number of carbonyl (C=O) groups is 1. The minimum absolute atomic E-state index is 0.0152. The van der Waals surface area contributed by atoms with E-state index < -0.39 is 30.0 Å². The van der Waals surface area contributed by atoms with Crippen molar-refractivity contribution in [3.8, 4) is 0 Å². The normalized spacial score (nSPS) is 19.1. The summed E-state index contributed by atoms with van der Waals surface area (Å²) in [5.74, 6) is -2.18. The molecular weight excluding hydrogens is 309 g/mol. The van der Waals surface area contributed by atoms with Crippen LogP contribution in [0.5, 0.6) is 0 Å². The summed E-state index contributed by atoms with van der Waals surface area (Å²) >= 11 is 0. The smallest absolute Gasteiger partial charge is 0.360 e. The first kappa shape index (κ1) is 15.6. The number of carbonyl (C=O) groups excluding carboxylic acids is 1.